The molecule has 1 N–H and O–H groups in total. The van der Waals surface area contributed by atoms with Crippen molar-refractivity contribution in [2.24, 2.45) is 20.0 Å². The summed E-state index contributed by atoms with van der Waals surface area (Å²) in [6, 6.07) is 10.6. The van der Waals surface area contributed by atoms with Crippen LogP contribution in [0.5, 0.6) is 0 Å². The molecule has 4 rings (SSSR count). The molecule has 0 radical (unpaired) electrons. The van der Waals surface area contributed by atoms with Crippen molar-refractivity contribution in [3.8, 4) is 0 Å². The van der Waals surface area contributed by atoms with Crippen molar-refractivity contribution in [2.45, 2.75) is 25.9 Å². The molecule has 1 aromatic carbocycles. The second kappa shape index (κ2) is 7.93. The number of nitrogens with one attached hydrogen (secondary N) is 1. The molecule has 1 saturated heterocycles. The lowest BCUT2D eigenvalue weighted by Crippen LogP contribution is -2.47. The van der Waals surface area contributed by atoms with E-state index in [1.807, 2.05) is 0 Å². The predicted octanol–water partition coefficient (Wildman–Crippen LogP) is 1.18. The molecule has 0 bridgehead atoms. The van der Waals surface area contributed by atoms with Crippen molar-refractivity contribution in [3.63, 3.8) is 0 Å². The van der Waals surface area contributed by atoms with Crippen LogP contribution in [0.15, 0.2) is 39.9 Å². The molecule has 0 atom stereocenters. The highest BCUT2D eigenvalue weighted by atomic mass is 16.2. The van der Waals surface area contributed by atoms with E-state index in [9.17, 15) is 9.59 Å². The number of benzene rings is 1. The molecular weight excluding hydrogens is 354 g/mol. The van der Waals surface area contributed by atoms with Crippen molar-refractivity contribution >= 4 is 5.82 Å². The molecule has 150 valence electrons. The highest BCUT2D eigenvalue weighted by molar-refractivity contribution is 5.45. The minimum atomic E-state index is -0.282. The molecule has 7 nitrogen and oxygen atoms in total. The second-order valence-electron chi connectivity index (χ2n) is 8.08. The summed E-state index contributed by atoms with van der Waals surface area (Å²) in [6.45, 7) is 5.53. The summed E-state index contributed by atoms with van der Waals surface area (Å²) in [5.41, 5.74) is 1.60. The lowest BCUT2D eigenvalue weighted by Gasteiger charge is -2.37. The molecule has 0 aliphatic carbocycles. The molecule has 2 aliphatic heterocycles. The van der Waals surface area contributed by atoms with E-state index in [1.54, 1.807) is 14.1 Å². The number of hydrogen-bond acceptors (Lipinski definition) is 5. The minimum absolute atomic E-state index is 0.187. The van der Waals surface area contributed by atoms with E-state index in [4.69, 9.17) is 0 Å². The van der Waals surface area contributed by atoms with Gasteiger partial charge in [-0.25, -0.2) is 4.79 Å². The first-order valence-electron chi connectivity index (χ1n) is 10.0. The SMILES string of the molecule is Cn1c2c(c(=O)n(C)c1=O)CN(CC1CCN(Cc3ccccc3)CC1)CN2. The summed E-state index contributed by atoms with van der Waals surface area (Å²) in [6.07, 6.45) is 2.36. The van der Waals surface area contributed by atoms with Gasteiger partial charge in [0, 0.05) is 33.7 Å². The van der Waals surface area contributed by atoms with Gasteiger partial charge in [0.15, 0.2) is 0 Å². The van der Waals surface area contributed by atoms with Gasteiger partial charge in [-0.15, -0.1) is 0 Å². The molecule has 0 saturated carbocycles. The molecule has 2 aliphatic rings. The van der Waals surface area contributed by atoms with Gasteiger partial charge in [0.1, 0.15) is 5.82 Å². The predicted molar refractivity (Wildman–Crippen MR) is 110 cm³/mol. The van der Waals surface area contributed by atoms with Gasteiger partial charge >= 0.3 is 5.69 Å². The van der Waals surface area contributed by atoms with E-state index < -0.39 is 0 Å². The van der Waals surface area contributed by atoms with E-state index >= 15 is 0 Å². The van der Waals surface area contributed by atoms with Gasteiger partial charge in [-0.3, -0.25) is 23.7 Å². The van der Waals surface area contributed by atoms with Crippen LogP contribution in [-0.2, 0) is 27.2 Å². The third-order valence-electron chi connectivity index (χ3n) is 6.08. The second-order valence-corrected chi connectivity index (χ2v) is 8.08. The van der Waals surface area contributed by atoms with Crippen molar-refractivity contribution < 1.29 is 0 Å². The van der Waals surface area contributed by atoms with Crippen molar-refractivity contribution in [1.29, 1.82) is 0 Å². The number of likely N-dealkylation sites (tertiary alicyclic amines) is 1. The van der Waals surface area contributed by atoms with Gasteiger partial charge in [0.2, 0.25) is 0 Å². The van der Waals surface area contributed by atoms with Gasteiger partial charge in [-0.2, -0.15) is 0 Å². The van der Waals surface area contributed by atoms with Crippen LogP contribution in [0.25, 0.3) is 0 Å². The average molecular weight is 383 g/mol. The molecule has 1 aromatic heterocycles. The number of piperidine rings is 1. The zero-order valence-electron chi connectivity index (χ0n) is 16.7. The van der Waals surface area contributed by atoms with Crippen LogP contribution in [0.2, 0.25) is 0 Å². The monoisotopic (exact) mass is 383 g/mol. The first-order valence-corrected chi connectivity index (χ1v) is 10.0. The number of hydrogen-bond donors (Lipinski definition) is 1. The van der Waals surface area contributed by atoms with Gasteiger partial charge in [0.25, 0.3) is 5.56 Å². The molecule has 7 heteroatoms. The lowest BCUT2D eigenvalue weighted by molar-refractivity contribution is 0.136. The Morgan fingerprint density at radius 1 is 1.00 bits per heavy atom. The number of fused-ring (bicyclic) bond motifs is 1. The van der Waals surface area contributed by atoms with Crippen LogP contribution < -0.4 is 16.6 Å². The topological polar surface area (TPSA) is 62.5 Å². The summed E-state index contributed by atoms with van der Waals surface area (Å²) in [4.78, 5) is 29.4. The summed E-state index contributed by atoms with van der Waals surface area (Å²) < 4.78 is 2.74. The highest BCUT2D eigenvalue weighted by Crippen LogP contribution is 2.23. The molecule has 3 heterocycles. The largest absolute Gasteiger partial charge is 0.358 e. The Balaban J connectivity index is 1.35. The maximum atomic E-state index is 12.5. The molecule has 1 fully saturated rings. The lowest BCUT2D eigenvalue weighted by atomic mass is 9.95. The van der Waals surface area contributed by atoms with E-state index in [1.165, 1.54) is 27.5 Å². The Morgan fingerprint density at radius 2 is 1.71 bits per heavy atom. The summed E-state index contributed by atoms with van der Waals surface area (Å²) >= 11 is 0. The van der Waals surface area contributed by atoms with E-state index in [0.717, 1.165) is 26.2 Å². The third kappa shape index (κ3) is 3.77. The Bertz CT molecular complexity index is 942. The highest BCUT2D eigenvalue weighted by Gasteiger charge is 2.26. The molecule has 2 aromatic rings. The Hall–Kier alpha value is -2.38. The van der Waals surface area contributed by atoms with E-state index in [0.29, 0.717) is 30.5 Å². The quantitative estimate of drug-likeness (QED) is 0.859. The maximum Gasteiger partial charge on any atom is 0.332 e. The fourth-order valence-corrected chi connectivity index (χ4v) is 4.41. The van der Waals surface area contributed by atoms with Gasteiger partial charge < -0.3 is 5.32 Å². The fourth-order valence-electron chi connectivity index (χ4n) is 4.41. The fraction of sp³-hybridized carbons (Fsp3) is 0.524. The Labute approximate surface area is 165 Å². The Kier molecular flexibility index (Phi) is 5.37. The van der Waals surface area contributed by atoms with Crippen molar-refractivity contribution in [1.82, 2.24) is 18.9 Å². The summed E-state index contributed by atoms with van der Waals surface area (Å²) in [5, 5.41) is 3.29. The third-order valence-corrected chi connectivity index (χ3v) is 6.08. The van der Waals surface area contributed by atoms with Crippen LogP contribution in [0.1, 0.15) is 24.0 Å². The number of nitrogens with zero attached hydrogens (tertiary/aromatic N) is 4. The van der Waals surface area contributed by atoms with Crippen LogP contribution in [-0.4, -0.2) is 45.2 Å². The van der Waals surface area contributed by atoms with Crippen molar-refractivity contribution in [3.05, 3.63) is 62.3 Å². The van der Waals surface area contributed by atoms with Crippen LogP contribution in [0, 0.1) is 5.92 Å². The minimum Gasteiger partial charge on any atom is -0.358 e. The molecule has 28 heavy (non-hydrogen) atoms. The molecule has 0 unspecified atom stereocenters. The standard InChI is InChI=1S/C21H29N5O2/c1-23-19-18(20(27)24(2)21(23)28)14-26(15-22-19)13-17-8-10-25(11-9-17)12-16-6-4-3-5-7-16/h3-7,17,22H,8-15H2,1-2H3. The van der Waals surface area contributed by atoms with Crippen LogP contribution in [0.4, 0.5) is 5.82 Å². The zero-order chi connectivity index (χ0) is 19.7. The Morgan fingerprint density at radius 3 is 2.43 bits per heavy atom. The van der Waals surface area contributed by atoms with E-state index in [2.05, 4.69) is 45.4 Å². The van der Waals surface area contributed by atoms with E-state index in [-0.39, 0.29) is 11.2 Å². The van der Waals surface area contributed by atoms with Crippen LogP contribution >= 0.6 is 0 Å². The molecule has 0 amide bonds. The molecular formula is C21H29N5O2. The molecule has 0 spiro atoms. The van der Waals surface area contributed by atoms with Crippen LogP contribution in [0.3, 0.4) is 0 Å². The average Bonchev–Trinajstić information content (AvgIpc) is 2.73. The van der Waals surface area contributed by atoms with Gasteiger partial charge in [-0.05, 0) is 37.4 Å². The summed E-state index contributed by atoms with van der Waals surface area (Å²) in [7, 11) is 3.26. The zero-order valence-corrected chi connectivity index (χ0v) is 16.7. The normalized spacial score (nSPS) is 18.6. The smallest absolute Gasteiger partial charge is 0.332 e. The first kappa shape index (κ1) is 19.0. The maximum absolute atomic E-state index is 12.5. The summed E-state index contributed by atoms with van der Waals surface area (Å²) in [5.74, 6) is 1.31. The van der Waals surface area contributed by atoms with Gasteiger partial charge in [0.05, 0.1) is 12.2 Å². The first-order chi connectivity index (χ1) is 13.5. The number of rotatable bonds is 4. The van der Waals surface area contributed by atoms with Crippen molar-refractivity contribution in [2.75, 3.05) is 31.6 Å². The van der Waals surface area contributed by atoms with Gasteiger partial charge in [-0.1, -0.05) is 30.3 Å². The number of anilines is 1. The number of aromatic nitrogens is 2.